The van der Waals surface area contributed by atoms with Crippen LogP contribution in [0, 0.1) is 23.7 Å². The lowest BCUT2D eigenvalue weighted by atomic mass is 10.0. The maximum Gasteiger partial charge on any atom is 0.359 e. The largest absolute Gasteiger partial charge is 0.464 e. The summed E-state index contributed by atoms with van der Waals surface area (Å²) in [7, 11) is 1.37. The van der Waals surface area contributed by atoms with Gasteiger partial charge in [0.1, 0.15) is 5.00 Å². The number of rotatable bonds is 2. The fourth-order valence-electron chi connectivity index (χ4n) is 4.39. The van der Waals surface area contributed by atoms with Crippen molar-refractivity contribution in [2.75, 3.05) is 12.8 Å². The molecule has 4 atom stereocenters. The van der Waals surface area contributed by atoms with Crippen molar-refractivity contribution in [2.45, 2.75) is 25.2 Å². The number of nitrogens with two attached hydrogens (primary N) is 1. The van der Waals surface area contributed by atoms with Crippen LogP contribution in [0.2, 0.25) is 0 Å². The van der Waals surface area contributed by atoms with Gasteiger partial charge >= 0.3 is 5.97 Å². The van der Waals surface area contributed by atoms with Gasteiger partial charge in [-0.25, -0.2) is 9.78 Å². The van der Waals surface area contributed by atoms with Crippen molar-refractivity contribution in [1.82, 2.24) is 4.98 Å². The van der Waals surface area contributed by atoms with E-state index in [4.69, 9.17) is 10.5 Å². The average Bonchev–Trinajstić information content (AvgIpc) is 2.72. The molecule has 96 valence electrons. The normalized spacial score (nSPS) is 39.7. The Hall–Kier alpha value is -1.10. The maximum absolute atomic E-state index is 11.5. The van der Waals surface area contributed by atoms with Gasteiger partial charge in [0.2, 0.25) is 0 Å². The third-order valence-electron chi connectivity index (χ3n) is 5.07. The molecule has 2 bridgehead atoms. The van der Waals surface area contributed by atoms with Crippen LogP contribution < -0.4 is 5.73 Å². The smallest absolute Gasteiger partial charge is 0.359 e. The standard InChI is InChI=1S/C13H16N2O2S/c1-17-13(16)10-11(14)18-12(15-10)9-7-5-2-3-6(4-5)8(7)9/h5-9H,2-4,14H2,1H3. The first-order valence-corrected chi connectivity index (χ1v) is 7.37. The molecule has 5 heteroatoms. The summed E-state index contributed by atoms with van der Waals surface area (Å²) >= 11 is 1.48. The van der Waals surface area contributed by atoms with Crippen LogP contribution in [-0.4, -0.2) is 18.1 Å². The molecule has 1 heterocycles. The number of anilines is 1. The van der Waals surface area contributed by atoms with Crippen molar-refractivity contribution in [3.05, 3.63) is 10.7 Å². The first-order chi connectivity index (χ1) is 8.70. The Morgan fingerprint density at radius 2 is 2.06 bits per heavy atom. The van der Waals surface area contributed by atoms with E-state index in [1.807, 2.05) is 0 Å². The van der Waals surface area contributed by atoms with Gasteiger partial charge in [-0.3, -0.25) is 0 Å². The monoisotopic (exact) mass is 264 g/mol. The highest BCUT2D eigenvalue weighted by Gasteiger charge is 2.66. The second-order valence-corrected chi connectivity index (χ2v) is 6.83. The van der Waals surface area contributed by atoms with Gasteiger partial charge in [0.25, 0.3) is 0 Å². The first-order valence-electron chi connectivity index (χ1n) is 6.55. The minimum absolute atomic E-state index is 0.315. The summed E-state index contributed by atoms with van der Waals surface area (Å²) in [5, 5.41) is 1.58. The lowest BCUT2D eigenvalue weighted by molar-refractivity contribution is 0.0596. The van der Waals surface area contributed by atoms with Crippen LogP contribution in [0.25, 0.3) is 0 Å². The predicted molar refractivity (Wildman–Crippen MR) is 68.4 cm³/mol. The van der Waals surface area contributed by atoms with Crippen LogP contribution in [0.5, 0.6) is 0 Å². The van der Waals surface area contributed by atoms with Gasteiger partial charge in [-0.05, 0) is 42.9 Å². The van der Waals surface area contributed by atoms with Gasteiger partial charge in [0.15, 0.2) is 5.69 Å². The Morgan fingerprint density at radius 1 is 1.39 bits per heavy atom. The molecular weight excluding hydrogens is 248 g/mol. The predicted octanol–water partition coefficient (Wildman–Crippen LogP) is 2.27. The van der Waals surface area contributed by atoms with E-state index in [2.05, 4.69) is 4.98 Å². The molecule has 3 saturated carbocycles. The molecule has 0 spiro atoms. The van der Waals surface area contributed by atoms with Crippen LogP contribution in [0.3, 0.4) is 0 Å². The van der Waals surface area contributed by atoms with E-state index in [0.29, 0.717) is 16.6 Å². The molecule has 0 radical (unpaired) electrons. The molecule has 0 aliphatic heterocycles. The molecule has 4 unspecified atom stereocenters. The lowest BCUT2D eigenvalue weighted by Gasteiger charge is -2.05. The Bertz CT molecular complexity index is 511. The first kappa shape index (κ1) is 10.8. The average molecular weight is 264 g/mol. The van der Waals surface area contributed by atoms with Crippen LogP contribution in [0.15, 0.2) is 0 Å². The van der Waals surface area contributed by atoms with E-state index >= 15 is 0 Å². The molecule has 2 N–H and O–H groups in total. The van der Waals surface area contributed by atoms with Crippen molar-refractivity contribution in [2.24, 2.45) is 23.7 Å². The third-order valence-corrected chi connectivity index (χ3v) is 6.05. The van der Waals surface area contributed by atoms with Gasteiger partial charge in [-0.15, -0.1) is 11.3 Å². The highest BCUT2D eigenvalue weighted by atomic mass is 32.1. The van der Waals surface area contributed by atoms with Gasteiger partial charge in [0.05, 0.1) is 12.1 Å². The number of ether oxygens (including phenoxy) is 1. The summed E-state index contributed by atoms with van der Waals surface area (Å²) < 4.78 is 4.70. The number of nitrogen functional groups attached to an aromatic ring is 1. The molecule has 3 aliphatic rings. The Morgan fingerprint density at radius 3 is 2.67 bits per heavy atom. The summed E-state index contributed by atoms with van der Waals surface area (Å²) in [4.78, 5) is 16.0. The number of thiazole rings is 1. The van der Waals surface area contributed by atoms with Crippen molar-refractivity contribution in [1.29, 1.82) is 0 Å². The number of methoxy groups -OCH3 is 1. The summed E-state index contributed by atoms with van der Waals surface area (Å²) in [6, 6.07) is 0. The van der Waals surface area contributed by atoms with Crippen molar-refractivity contribution in [3.63, 3.8) is 0 Å². The summed E-state index contributed by atoms with van der Waals surface area (Å²) in [5.41, 5.74) is 6.19. The van der Waals surface area contributed by atoms with E-state index < -0.39 is 5.97 Å². The quantitative estimate of drug-likeness (QED) is 0.832. The van der Waals surface area contributed by atoms with Crippen LogP contribution in [-0.2, 0) is 4.74 Å². The lowest BCUT2D eigenvalue weighted by Crippen LogP contribution is -2.05. The van der Waals surface area contributed by atoms with E-state index in [0.717, 1.165) is 28.7 Å². The highest BCUT2D eigenvalue weighted by Crippen LogP contribution is 2.73. The molecule has 0 amide bonds. The molecule has 0 aromatic carbocycles. The van der Waals surface area contributed by atoms with Crippen LogP contribution in [0.4, 0.5) is 5.00 Å². The fourth-order valence-corrected chi connectivity index (χ4v) is 5.43. The SMILES string of the molecule is COC(=O)c1nc(C2C3C4CCC(C4)C23)sc1N. The number of esters is 1. The molecule has 4 rings (SSSR count). The molecule has 0 saturated heterocycles. The molecule has 3 aliphatic carbocycles. The Balaban J connectivity index is 1.62. The van der Waals surface area contributed by atoms with Gasteiger partial charge in [-0.1, -0.05) is 0 Å². The number of carbonyl (C=O) groups excluding carboxylic acids is 1. The van der Waals surface area contributed by atoms with E-state index in [1.54, 1.807) is 0 Å². The Kier molecular flexibility index (Phi) is 2.08. The van der Waals surface area contributed by atoms with Crippen LogP contribution >= 0.6 is 11.3 Å². The van der Waals surface area contributed by atoms with Crippen molar-refractivity contribution >= 4 is 22.3 Å². The van der Waals surface area contributed by atoms with Crippen LogP contribution in [0.1, 0.15) is 40.7 Å². The Labute approximate surface area is 110 Å². The van der Waals surface area contributed by atoms with Crippen molar-refractivity contribution in [3.8, 4) is 0 Å². The minimum atomic E-state index is -0.413. The van der Waals surface area contributed by atoms with E-state index in [-0.39, 0.29) is 0 Å². The number of aromatic nitrogens is 1. The van der Waals surface area contributed by atoms with E-state index in [1.165, 1.54) is 37.7 Å². The zero-order valence-corrected chi connectivity index (χ0v) is 11.1. The molecule has 3 fully saturated rings. The number of carbonyl (C=O) groups is 1. The van der Waals surface area contributed by atoms with Gasteiger partial charge < -0.3 is 10.5 Å². The molecule has 1 aromatic heterocycles. The molecule has 1 aromatic rings. The maximum atomic E-state index is 11.5. The summed E-state index contributed by atoms with van der Waals surface area (Å²) in [6.45, 7) is 0. The topological polar surface area (TPSA) is 65.2 Å². The number of nitrogens with zero attached hydrogens (tertiary/aromatic N) is 1. The van der Waals surface area contributed by atoms with Gasteiger partial charge in [0, 0.05) is 5.92 Å². The minimum Gasteiger partial charge on any atom is -0.464 e. The van der Waals surface area contributed by atoms with E-state index in [9.17, 15) is 4.79 Å². The fraction of sp³-hybridized carbons (Fsp3) is 0.692. The second-order valence-electron chi connectivity index (χ2n) is 5.77. The second kappa shape index (κ2) is 3.47. The number of fused-ring (bicyclic) bond motifs is 5. The molecule has 4 nitrogen and oxygen atoms in total. The summed E-state index contributed by atoms with van der Waals surface area (Å²) in [6.07, 6.45) is 4.22. The number of hydrogen-bond acceptors (Lipinski definition) is 5. The zero-order valence-electron chi connectivity index (χ0n) is 10.3. The molecular formula is C13H16N2O2S. The summed E-state index contributed by atoms with van der Waals surface area (Å²) in [5.74, 6) is 3.67. The third kappa shape index (κ3) is 1.25. The molecule has 18 heavy (non-hydrogen) atoms. The van der Waals surface area contributed by atoms with Gasteiger partial charge in [-0.2, -0.15) is 0 Å². The van der Waals surface area contributed by atoms with Crippen molar-refractivity contribution < 1.29 is 9.53 Å². The highest BCUT2D eigenvalue weighted by molar-refractivity contribution is 7.16. The zero-order chi connectivity index (χ0) is 12.4. The number of hydrogen-bond donors (Lipinski definition) is 1.